The van der Waals surface area contributed by atoms with E-state index in [4.69, 9.17) is 24.2 Å². The maximum Gasteiger partial charge on any atom is 0.255 e. The Morgan fingerprint density at radius 2 is 1.65 bits per heavy atom. The number of hydrogen-bond acceptors (Lipinski definition) is 10. The van der Waals surface area contributed by atoms with Crippen LogP contribution in [0.3, 0.4) is 0 Å². The summed E-state index contributed by atoms with van der Waals surface area (Å²) < 4.78 is 43.8. The Labute approximate surface area is 323 Å². The number of aryl methyl sites for hydroxylation is 2. The lowest BCUT2D eigenvalue weighted by Crippen LogP contribution is -2.40. The minimum Gasteiger partial charge on any atom is -0.496 e. The summed E-state index contributed by atoms with van der Waals surface area (Å²) in [5, 5.41) is 3.84. The van der Waals surface area contributed by atoms with Gasteiger partial charge in [-0.25, -0.2) is 18.4 Å². The fourth-order valence-electron chi connectivity index (χ4n) is 6.63. The van der Waals surface area contributed by atoms with Crippen LogP contribution in [0.25, 0.3) is 22.0 Å². The van der Waals surface area contributed by atoms with E-state index in [0.717, 1.165) is 89.3 Å². The molecule has 0 radical (unpaired) electrons. The normalized spacial score (nSPS) is 13.7. The zero-order valence-corrected chi connectivity index (χ0v) is 33.6. The number of rotatable bonds is 12. The number of methoxy groups -OCH3 is 2. The summed E-state index contributed by atoms with van der Waals surface area (Å²) >= 11 is 0. The van der Waals surface area contributed by atoms with Gasteiger partial charge in [-0.2, -0.15) is 0 Å². The van der Waals surface area contributed by atoms with Gasteiger partial charge in [-0.1, -0.05) is 39.0 Å². The van der Waals surface area contributed by atoms with Gasteiger partial charge in [0, 0.05) is 55.1 Å². The number of fused-ring (bicyclic) bond motifs is 1. The Balaban J connectivity index is 1.30. The van der Waals surface area contributed by atoms with Gasteiger partial charge in [-0.15, -0.1) is 0 Å². The second-order valence-electron chi connectivity index (χ2n) is 14.9. The molecule has 1 amide bonds. The number of aromatic nitrogens is 2. The van der Waals surface area contributed by atoms with Crippen molar-refractivity contribution < 1.29 is 27.4 Å². The molecule has 1 saturated heterocycles. The van der Waals surface area contributed by atoms with Crippen LogP contribution in [0, 0.1) is 13.8 Å². The quantitative estimate of drug-likeness (QED) is 0.133. The van der Waals surface area contributed by atoms with Crippen LogP contribution in [0.4, 0.5) is 23.0 Å². The fourth-order valence-corrected chi connectivity index (χ4v) is 7.18. The molecule has 55 heavy (non-hydrogen) atoms. The Hall–Kier alpha value is -5.24. The molecule has 290 valence electrons. The third-order valence-corrected chi connectivity index (χ3v) is 10.4. The molecule has 1 fully saturated rings. The summed E-state index contributed by atoms with van der Waals surface area (Å²) in [7, 11) is -0.504. The van der Waals surface area contributed by atoms with Gasteiger partial charge in [-0.3, -0.25) is 14.4 Å². The number of carbonyl (C=O) groups excluding carboxylic acids is 1. The first-order chi connectivity index (χ1) is 26.1. The average molecular weight is 767 g/mol. The predicted octanol–water partition coefficient (Wildman–Crippen LogP) is 7.32. The van der Waals surface area contributed by atoms with Crippen LogP contribution in [-0.2, 0) is 20.2 Å². The van der Waals surface area contributed by atoms with Gasteiger partial charge in [0.25, 0.3) is 5.91 Å². The first kappa shape index (κ1) is 39.5. The van der Waals surface area contributed by atoms with Crippen LogP contribution in [0.2, 0.25) is 0 Å². The van der Waals surface area contributed by atoms with E-state index in [2.05, 4.69) is 25.9 Å². The smallest absolute Gasteiger partial charge is 0.255 e. The molecule has 0 saturated carbocycles. The molecule has 13 heteroatoms. The lowest BCUT2D eigenvalue weighted by atomic mass is 9.86. The van der Waals surface area contributed by atoms with Crippen LogP contribution >= 0.6 is 0 Å². The van der Waals surface area contributed by atoms with Crippen molar-refractivity contribution in [2.45, 2.75) is 40.0 Å². The molecule has 1 aromatic heterocycles. The largest absolute Gasteiger partial charge is 0.496 e. The summed E-state index contributed by atoms with van der Waals surface area (Å²) in [4.78, 5) is 28.2. The molecule has 5 aromatic rings. The van der Waals surface area contributed by atoms with Crippen LogP contribution in [-0.4, -0.2) is 89.1 Å². The van der Waals surface area contributed by atoms with E-state index >= 15 is 0 Å². The SMILES string of the molecule is COc1cc(N(CCN2CCOCC2)c2ncc3cc(-c4cc(C(=O)Nc5cc(C(C)(C)C)cc(NS(C)(=O)=O)c5OC)ccc4C)ccc3n2)ccc1C. The Bertz CT molecular complexity index is 2320. The monoisotopic (exact) mass is 766 g/mol. The lowest BCUT2D eigenvalue weighted by Gasteiger charge is -2.30. The van der Waals surface area contributed by atoms with Gasteiger partial charge < -0.3 is 24.4 Å². The van der Waals surface area contributed by atoms with Crippen molar-refractivity contribution in [2.24, 2.45) is 0 Å². The number of anilines is 4. The number of morpholine rings is 1. The topological polar surface area (TPSA) is 135 Å². The molecule has 0 atom stereocenters. The van der Waals surface area contributed by atoms with Crippen molar-refractivity contribution in [1.29, 1.82) is 0 Å². The molecule has 0 unspecified atom stereocenters. The van der Waals surface area contributed by atoms with Crippen LogP contribution in [0.15, 0.2) is 72.9 Å². The van der Waals surface area contributed by atoms with Crippen molar-refractivity contribution in [3.63, 3.8) is 0 Å². The van der Waals surface area contributed by atoms with Crippen LogP contribution in [0.1, 0.15) is 47.8 Å². The Morgan fingerprint density at radius 1 is 0.927 bits per heavy atom. The highest BCUT2D eigenvalue weighted by Gasteiger charge is 2.23. The number of benzene rings is 4. The summed E-state index contributed by atoms with van der Waals surface area (Å²) in [5.74, 6) is 1.25. The fraction of sp³-hybridized carbons (Fsp3) is 0.357. The van der Waals surface area contributed by atoms with Crippen molar-refractivity contribution >= 4 is 49.8 Å². The number of nitrogens with zero attached hydrogens (tertiary/aromatic N) is 4. The van der Waals surface area contributed by atoms with E-state index < -0.39 is 10.0 Å². The van der Waals surface area contributed by atoms with E-state index in [1.807, 2.05) is 89.3 Å². The number of ether oxygens (including phenoxy) is 3. The van der Waals surface area contributed by atoms with E-state index in [1.165, 1.54) is 7.11 Å². The number of carbonyl (C=O) groups is 1. The standard InChI is InChI=1S/C42H50N6O6S/c1-27-9-11-30(40(49)44-36-23-32(42(3,4)5)24-37(39(36)53-7)46-55(8,50)51)22-34(27)29-12-14-35-31(21-29)26-43-41(45-35)48(16-15-47-17-19-54-20-18-47)33-13-10-28(2)38(25-33)52-6/h9-14,21-26,46H,15-20H2,1-8H3,(H,44,49). The minimum atomic E-state index is -3.62. The number of amides is 1. The molecule has 0 aliphatic carbocycles. The molecular formula is C42H50N6O6S. The molecule has 6 rings (SSSR count). The molecular weight excluding hydrogens is 717 g/mol. The molecule has 0 spiro atoms. The second kappa shape index (κ2) is 16.2. The summed E-state index contributed by atoms with van der Waals surface area (Å²) in [6, 6.07) is 21.3. The average Bonchev–Trinajstić information content (AvgIpc) is 3.14. The zero-order valence-electron chi connectivity index (χ0n) is 32.8. The number of sulfonamides is 1. The Morgan fingerprint density at radius 3 is 2.35 bits per heavy atom. The molecule has 12 nitrogen and oxygen atoms in total. The van der Waals surface area contributed by atoms with Gasteiger partial charge in [0.15, 0.2) is 5.75 Å². The number of nitrogens with one attached hydrogen (secondary N) is 2. The molecule has 4 aromatic carbocycles. The van der Waals surface area contributed by atoms with Crippen molar-refractivity contribution in [2.75, 3.05) is 74.8 Å². The number of hydrogen-bond donors (Lipinski definition) is 2. The third kappa shape index (κ3) is 9.35. The van der Waals surface area contributed by atoms with Crippen LogP contribution < -0.4 is 24.4 Å². The highest BCUT2D eigenvalue weighted by molar-refractivity contribution is 7.92. The van der Waals surface area contributed by atoms with Gasteiger partial charge in [-0.05, 0) is 89.5 Å². The molecule has 2 N–H and O–H groups in total. The third-order valence-electron chi connectivity index (χ3n) is 9.77. The predicted molar refractivity (Wildman–Crippen MR) is 220 cm³/mol. The van der Waals surface area contributed by atoms with E-state index in [0.29, 0.717) is 23.7 Å². The van der Waals surface area contributed by atoms with Crippen molar-refractivity contribution in [3.8, 4) is 22.6 Å². The first-order valence-corrected chi connectivity index (χ1v) is 20.1. The molecule has 1 aliphatic rings. The second-order valence-corrected chi connectivity index (χ2v) is 16.7. The highest BCUT2D eigenvalue weighted by Crippen LogP contribution is 2.40. The van der Waals surface area contributed by atoms with Gasteiger partial charge in [0.05, 0.1) is 50.6 Å². The minimum absolute atomic E-state index is 0.217. The van der Waals surface area contributed by atoms with E-state index in [9.17, 15) is 13.2 Å². The van der Waals surface area contributed by atoms with Crippen molar-refractivity contribution in [3.05, 3.63) is 95.2 Å². The maximum atomic E-state index is 13.8. The van der Waals surface area contributed by atoms with Crippen molar-refractivity contribution in [1.82, 2.24) is 14.9 Å². The molecule has 2 heterocycles. The van der Waals surface area contributed by atoms with Gasteiger partial charge in [0.1, 0.15) is 5.75 Å². The summed E-state index contributed by atoms with van der Waals surface area (Å²) in [5.41, 5.74) is 7.08. The summed E-state index contributed by atoms with van der Waals surface area (Å²) in [6.45, 7) is 14.8. The molecule has 1 aliphatic heterocycles. The highest BCUT2D eigenvalue weighted by atomic mass is 32.2. The van der Waals surface area contributed by atoms with Gasteiger partial charge >= 0.3 is 0 Å². The van der Waals surface area contributed by atoms with Crippen LogP contribution in [0.5, 0.6) is 11.5 Å². The maximum absolute atomic E-state index is 13.8. The lowest BCUT2D eigenvalue weighted by molar-refractivity contribution is 0.0394. The summed E-state index contributed by atoms with van der Waals surface area (Å²) in [6.07, 6.45) is 2.92. The van der Waals surface area contributed by atoms with E-state index in [1.54, 1.807) is 19.2 Å². The molecule has 0 bridgehead atoms. The first-order valence-electron chi connectivity index (χ1n) is 18.3. The Kier molecular flexibility index (Phi) is 11.6. The van der Waals surface area contributed by atoms with Gasteiger partial charge in [0.2, 0.25) is 16.0 Å². The van der Waals surface area contributed by atoms with E-state index in [-0.39, 0.29) is 22.8 Å². The zero-order chi connectivity index (χ0) is 39.5.